The fourth-order valence-corrected chi connectivity index (χ4v) is 2.88. The van der Waals surface area contributed by atoms with Crippen molar-refractivity contribution in [3.63, 3.8) is 0 Å². The van der Waals surface area contributed by atoms with Gasteiger partial charge in [0, 0.05) is 12.2 Å². The number of para-hydroxylation sites is 1. The van der Waals surface area contributed by atoms with Gasteiger partial charge in [-0.25, -0.2) is 9.07 Å². The maximum Gasteiger partial charge on any atom is 0.272 e. The number of nitrogens with zero attached hydrogens (tertiary/aromatic N) is 2. The second kappa shape index (κ2) is 6.30. The van der Waals surface area contributed by atoms with Gasteiger partial charge in [-0.05, 0) is 49.8 Å². The predicted molar refractivity (Wildman–Crippen MR) is 82.4 cm³/mol. The molecule has 1 aliphatic rings. The number of carbonyl (C=O) groups is 1. The van der Waals surface area contributed by atoms with Crippen LogP contribution >= 0.6 is 0 Å². The molecule has 1 N–H and O–H groups in total. The molecule has 0 atom stereocenters. The molecule has 22 heavy (non-hydrogen) atoms. The maximum atomic E-state index is 13.7. The van der Waals surface area contributed by atoms with E-state index in [4.69, 9.17) is 0 Å². The number of rotatable bonds is 3. The van der Waals surface area contributed by atoms with Gasteiger partial charge in [0.2, 0.25) is 0 Å². The van der Waals surface area contributed by atoms with Gasteiger partial charge >= 0.3 is 0 Å². The Kier molecular flexibility index (Phi) is 4.22. The van der Waals surface area contributed by atoms with Gasteiger partial charge in [-0.15, -0.1) is 0 Å². The molecule has 1 aromatic heterocycles. The Hall–Kier alpha value is -2.17. The lowest BCUT2D eigenvalue weighted by Crippen LogP contribution is -2.37. The number of hydrogen-bond donors (Lipinski definition) is 1. The molecule has 0 unspecified atom stereocenters. The molecular weight excluding hydrogens is 281 g/mol. The molecule has 4 nitrogen and oxygen atoms in total. The van der Waals surface area contributed by atoms with Crippen molar-refractivity contribution in [1.82, 2.24) is 15.1 Å². The first-order valence-corrected chi connectivity index (χ1v) is 7.75. The summed E-state index contributed by atoms with van der Waals surface area (Å²) in [6, 6.07) is 8.21. The predicted octanol–water partition coefficient (Wildman–Crippen LogP) is 3.32. The molecule has 1 amide bonds. The summed E-state index contributed by atoms with van der Waals surface area (Å²) in [5.41, 5.74) is 0.662. The van der Waals surface area contributed by atoms with Gasteiger partial charge in [-0.1, -0.05) is 19.1 Å². The zero-order valence-corrected chi connectivity index (χ0v) is 12.6. The Balaban J connectivity index is 1.68. The molecule has 5 heteroatoms. The van der Waals surface area contributed by atoms with Crippen LogP contribution in [0.1, 0.15) is 43.1 Å². The van der Waals surface area contributed by atoms with Crippen LogP contribution in [0.15, 0.2) is 36.5 Å². The van der Waals surface area contributed by atoms with E-state index in [9.17, 15) is 9.18 Å². The van der Waals surface area contributed by atoms with Crippen LogP contribution in [0.3, 0.4) is 0 Å². The topological polar surface area (TPSA) is 46.9 Å². The second-order valence-electron chi connectivity index (χ2n) is 6.03. The van der Waals surface area contributed by atoms with Crippen LogP contribution in [0.2, 0.25) is 0 Å². The van der Waals surface area contributed by atoms with Crippen LogP contribution in [-0.2, 0) is 0 Å². The third kappa shape index (κ3) is 3.18. The van der Waals surface area contributed by atoms with Crippen molar-refractivity contribution in [1.29, 1.82) is 0 Å². The van der Waals surface area contributed by atoms with E-state index in [0.29, 0.717) is 11.4 Å². The summed E-state index contributed by atoms with van der Waals surface area (Å²) in [4.78, 5) is 12.2. The third-order valence-corrected chi connectivity index (χ3v) is 4.27. The standard InChI is InChI=1S/C17H20FN3O/c1-12-6-8-13(9-7-12)19-17(22)15-10-11-21(20-15)16-5-3-2-4-14(16)18/h2-5,10-13H,6-9H2,1H3,(H,19,22). The van der Waals surface area contributed by atoms with E-state index in [1.165, 1.54) is 10.7 Å². The van der Waals surface area contributed by atoms with E-state index >= 15 is 0 Å². The maximum absolute atomic E-state index is 13.7. The number of halogens is 1. The number of hydrogen-bond acceptors (Lipinski definition) is 2. The molecule has 2 aromatic rings. The van der Waals surface area contributed by atoms with Crippen LogP contribution in [0.5, 0.6) is 0 Å². The summed E-state index contributed by atoms with van der Waals surface area (Å²) in [6.45, 7) is 2.24. The van der Waals surface area contributed by atoms with Crippen molar-refractivity contribution in [3.8, 4) is 5.69 Å². The lowest BCUT2D eigenvalue weighted by Gasteiger charge is -2.26. The van der Waals surface area contributed by atoms with Crippen LogP contribution in [-0.4, -0.2) is 21.7 Å². The fourth-order valence-electron chi connectivity index (χ4n) is 2.88. The van der Waals surface area contributed by atoms with Gasteiger partial charge < -0.3 is 5.32 Å². The van der Waals surface area contributed by atoms with E-state index in [1.54, 1.807) is 30.5 Å². The van der Waals surface area contributed by atoms with Crippen molar-refractivity contribution in [2.45, 2.75) is 38.6 Å². The molecule has 1 aromatic carbocycles. The van der Waals surface area contributed by atoms with Crippen molar-refractivity contribution in [3.05, 3.63) is 48.0 Å². The van der Waals surface area contributed by atoms with E-state index in [0.717, 1.165) is 31.6 Å². The number of benzene rings is 1. The SMILES string of the molecule is CC1CCC(NC(=O)c2ccn(-c3ccccc3F)n2)CC1. The summed E-state index contributed by atoms with van der Waals surface area (Å²) >= 11 is 0. The number of nitrogens with one attached hydrogen (secondary N) is 1. The van der Waals surface area contributed by atoms with Gasteiger partial charge in [0.05, 0.1) is 0 Å². The first-order valence-electron chi connectivity index (χ1n) is 7.75. The number of amides is 1. The average molecular weight is 301 g/mol. The summed E-state index contributed by atoms with van der Waals surface area (Å²) in [5.74, 6) is 0.196. The summed E-state index contributed by atoms with van der Waals surface area (Å²) in [5, 5.41) is 7.21. The van der Waals surface area contributed by atoms with Crippen LogP contribution < -0.4 is 5.32 Å². The zero-order chi connectivity index (χ0) is 15.5. The highest BCUT2D eigenvalue weighted by molar-refractivity contribution is 5.92. The molecule has 0 bridgehead atoms. The van der Waals surface area contributed by atoms with Crippen LogP contribution in [0.4, 0.5) is 4.39 Å². The summed E-state index contributed by atoms with van der Waals surface area (Å²) in [7, 11) is 0. The Morgan fingerprint density at radius 1 is 1.23 bits per heavy atom. The van der Waals surface area contributed by atoms with Crippen LogP contribution in [0, 0.1) is 11.7 Å². The van der Waals surface area contributed by atoms with E-state index in [2.05, 4.69) is 17.3 Å². The number of carbonyl (C=O) groups excluding carboxylic acids is 1. The largest absolute Gasteiger partial charge is 0.348 e. The molecule has 1 saturated carbocycles. The molecular formula is C17H20FN3O. The van der Waals surface area contributed by atoms with E-state index in [-0.39, 0.29) is 17.8 Å². The summed E-state index contributed by atoms with van der Waals surface area (Å²) in [6.07, 6.45) is 5.93. The Bertz CT molecular complexity index is 659. The number of aromatic nitrogens is 2. The second-order valence-corrected chi connectivity index (χ2v) is 6.03. The third-order valence-electron chi connectivity index (χ3n) is 4.27. The smallest absolute Gasteiger partial charge is 0.272 e. The highest BCUT2D eigenvalue weighted by Crippen LogP contribution is 2.23. The highest BCUT2D eigenvalue weighted by atomic mass is 19.1. The molecule has 1 heterocycles. The minimum atomic E-state index is -0.362. The molecule has 116 valence electrons. The minimum Gasteiger partial charge on any atom is -0.348 e. The zero-order valence-electron chi connectivity index (χ0n) is 12.6. The first-order chi connectivity index (χ1) is 10.6. The van der Waals surface area contributed by atoms with Crippen molar-refractivity contribution in [2.24, 2.45) is 5.92 Å². The molecule has 0 aliphatic heterocycles. The normalized spacial score (nSPS) is 21.5. The van der Waals surface area contributed by atoms with Gasteiger partial charge in [-0.2, -0.15) is 5.10 Å². The van der Waals surface area contributed by atoms with Crippen LogP contribution in [0.25, 0.3) is 5.69 Å². The minimum absolute atomic E-state index is 0.186. The molecule has 0 saturated heterocycles. The molecule has 1 aliphatic carbocycles. The van der Waals surface area contributed by atoms with Gasteiger partial charge in [0.15, 0.2) is 5.69 Å². The van der Waals surface area contributed by atoms with Gasteiger partial charge in [0.25, 0.3) is 5.91 Å². The van der Waals surface area contributed by atoms with Gasteiger partial charge in [0.1, 0.15) is 11.5 Å². The monoisotopic (exact) mass is 301 g/mol. The Morgan fingerprint density at radius 3 is 2.68 bits per heavy atom. The lowest BCUT2D eigenvalue weighted by atomic mass is 9.87. The molecule has 0 radical (unpaired) electrons. The Morgan fingerprint density at radius 2 is 1.95 bits per heavy atom. The fraction of sp³-hybridized carbons (Fsp3) is 0.412. The van der Waals surface area contributed by atoms with E-state index < -0.39 is 0 Å². The first kappa shape index (κ1) is 14.8. The van der Waals surface area contributed by atoms with Gasteiger partial charge in [-0.3, -0.25) is 4.79 Å². The van der Waals surface area contributed by atoms with Crippen molar-refractivity contribution < 1.29 is 9.18 Å². The van der Waals surface area contributed by atoms with Crippen molar-refractivity contribution in [2.75, 3.05) is 0 Å². The highest BCUT2D eigenvalue weighted by Gasteiger charge is 2.21. The van der Waals surface area contributed by atoms with Crippen molar-refractivity contribution >= 4 is 5.91 Å². The molecule has 0 spiro atoms. The quantitative estimate of drug-likeness (QED) is 0.945. The molecule has 1 fully saturated rings. The average Bonchev–Trinajstić information content (AvgIpc) is 3.00. The lowest BCUT2D eigenvalue weighted by molar-refractivity contribution is 0.0917. The Labute approximate surface area is 129 Å². The van der Waals surface area contributed by atoms with E-state index in [1.807, 2.05) is 0 Å². The summed E-state index contributed by atoms with van der Waals surface area (Å²) < 4.78 is 15.1. The molecule has 3 rings (SSSR count).